The van der Waals surface area contributed by atoms with Crippen LogP contribution in [0.1, 0.15) is 15.9 Å². The number of nitrogens with one attached hydrogen (secondary N) is 3. The van der Waals surface area contributed by atoms with Crippen LogP contribution in [0.2, 0.25) is 5.02 Å². The van der Waals surface area contributed by atoms with E-state index in [0.717, 1.165) is 18.0 Å². The summed E-state index contributed by atoms with van der Waals surface area (Å²) in [5.74, 6) is -0.784. The van der Waals surface area contributed by atoms with Crippen molar-refractivity contribution in [3.63, 3.8) is 0 Å². The number of ether oxygens (including phenoxy) is 1. The van der Waals surface area contributed by atoms with Crippen molar-refractivity contribution in [2.24, 2.45) is 0 Å². The monoisotopic (exact) mass is 436 g/mol. The third kappa shape index (κ3) is 4.56. The van der Waals surface area contributed by atoms with E-state index in [4.69, 9.17) is 16.3 Å². The molecule has 2 aromatic carbocycles. The highest BCUT2D eigenvalue weighted by Gasteiger charge is 2.36. The van der Waals surface area contributed by atoms with Gasteiger partial charge in [-0.3, -0.25) is 9.59 Å². The topological polar surface area (TPSA) is 71.9 Å². The molecule has 9 heteroatoms. The molecule has 2 heterocycles. The third-order valence-electron chi connectivity index (χ3n) is 4.94. The van der Waals surface area contributed by atoms with Crippen LogP contribution in [0, 0.1) is 5.82 Å². The Balaban J connectivity index is 1.43. The fourth-order valence-corrected chi connectivity index (χ4v) is 4.80. The maximum absolute atomic E-state index is 13.1. The highest BCUT2D eigenvalue weighted by Crippen LogP contribution is 2.34. The third-order valence-corrected chi connectivity index (χ3v) is 6.69. The van der Waals surface area contributed by atoms with E-state index in [2.05, 4.69) is 10.6 Å². The van der Waals surface area contributed by atoms with Gasteiger partial charge in [0, 0.05) is 22.0 Å². The number of quaternary nitrogens is 1. The fraction of sp³-hybridized carbons (Fsp3) is 0.300. The molecule has 2 amide bonds. The Morgan fingerprint density at radius 2 is 2.07 bits per heavy atom. The molecule has 2 aliphatic rings. The minimum Gasteiger partial charge on any atom is -0.370 e. The number of anilines is 1. The van der Waals surface area contributed by atoms with Crippen LogP contribution in [-0.2, 0) is 16.1 Å². The Bertz CT molecular complexity index is 953. The van der Waals surface area contributed by atoms with Gasteiger partial charge in [-0.15, -0.1) is 0 Å². The average Bonchev–Trinajstić information content (AvgIpc) is 2.72. The van der Waals surface area contributed by atoms with Crippen LogP contribution < -0.4 is 15.5 Å². The maximum atomic E-state index is 13.1. The molecule has 0 spiro atoms. The number of hydrogen-bond acceptors (Lipinski definition) is 4. The van der Waals surface area contributed by atoms with Crippen LogP contribution in [0.15, 0.2) is 41.3 Å². The van der Waals surface area contributed by atoms with Gasteiger partial charge in [0.05, 0.1) is 18.9 Å². The number of amides is 2. The van der Waals surface area contributed by atoms with E-state index in [1.54, 1.807) is 12.1 Å². The van der Waals surface area contributed by atoms with E-state index in [1.165, 1.54) is 34.9 Å². The smallest absolute Gasteiger partial charge is 0.294 e. The van der Waals surface area contributed by atoms with Gasteiger partial charge in [0.1, 0.15) is 18.9 Å². The van der Waals surface area contributed by atoms with Gasteiger partial charge in [-0.1, -0.05) is 29.4 Å². The second kappa shape index (κ2) is 8.71. The number of halogens is 2. The molecule has 0 radical (unpaired) electrons. The van der Waals surface area contributed by atoms with Gasteiger partial charge >= 0.3 is 0 Å². The zero-order chi connectivity index (χ0) is 20.4. The number of hydrogen-bond donors (Lipinski definition) is 3. The first-order valence-corrected chi connectivity index (χ1v) is 10.5. The summed E-state index contributed by atoms with van der Waals surface area (Å²) in [6, 6.07) is 9.30. The maximum Gasteiger partial charge on any atom is 0.294 e. The number of benzene rings is 2. The molecule has 2 aromatic rings. The van der Waals surface area contributed by atoms with E-state index in [1.807, 2.05) is 6.07 Å². The molecule has 0 saturated carbocycles. The number of carbonyl (C=O) groups is 2. The summed E-state index contributed by atoms with van der Waals surface area (Å²) in [7, 11) is 0. The minimum absolute atomic E-state index is 0.0601. The molecule has 6 nitrogen and oxygen atoms in total. The van der Waals surface area contributed by atoms with E-state index >= 15 is 0 Å². The summed E-state index contributed by atoms with van der Waals surface area (Å²) in [5, 5.41) is 5.74. The summed E-state index contributed by atoms with van der Waals surface area (Å²) in [4.78, 5) is 27.2. The largest absolute Gasteiger partial charge is 0.370 e. The minimum atomic E-state index is -0.426. The Hall–Kier alpha value is -2.13. The lowest BCUT2D eigenvalue weighted by Gasteiger charge is -2.32. The molecule has 3 N–H and O–H groups in total. The molecule has 29 heavy (non-hydrogen) atoms. The number of rotatable bonds is 4. The van der Waals surface area contributed by atoms with Crippen molar-refractivity contribution in [3.05, 3.63) is 58.4 Å². The first-order chi connectivity index (χ1) is 14.0. The quantitative estimate of drug-likeness (QED) is 0.682. The van der Waals surface area contributed by atoms with Crippen LogP contribution >= 0.6 is 23.4 Å². The van der Waals surface area contributed by atoms with Crippen LogP contribution in [0.5, 0.6) is 0 Å². The number of morpholine rings is 1. The molecule has 1 unspecified atom stereocenters. The van der Waals surface area contributed by atoms with Crippen molar-refractivity contribution in [2.45, 2.75) is 16.8 Å². The predicted molar refractivity (Wildman–Crippen MR) is 109 cm³/mol. The highest BCUT2D eigenvalue weighted by atomic mass is 35.5. The molecule has 1 fully saturated rings. The summed E-state index contributed by atoms with van der Waals surface area (Å²) >= 11 is 7.51. The van der Waals surface area contributed by atoms with Crippen LogP contribution in [-0.4, -0.2) is 43.5 Å². The van der Waals surface area contributed by atoms with Crippen LogP contribution in [0.3, 0.4) is 0 Å². The standard InChI is InChI=1S/C20H19ClFN3O3S/c21-15-10-14(22)3-1-13(15)11-23-18(26)12-2-4-17-16(9-12)24-19(27)20(29-17)25-5-7-28-8-6-25/h1-4,9-10,20H,5-8,11H2,(H,23,26)(H,24,27)/p+1. The highest BCUT2D eigenvalue weighted by molar-refractivity contribution is 8.00. The van der Waals surface area contributed by atoms with Gasteiger partial charge < -0.3 is 20.3 Å². The van der Waals surface area contributed by atoms with Crippen molar-refractivity contribution in [1.29, 1.82) is 0 Å². The van der Waals surface area contributed by atoms with Crippen molar-refractivity contribution < 1.29 is 23.6 Å². The fourth-order valence-electron chi connectivity index (χ4n) is 3.36. The molecule has 4 rings (SSSR count). The Labute approximate surface area is 176 Å². The molecular weight excluding hydrogens is 417 g/mol. The summed E-state index contributed by atoms with van der Waals surface area (Å²) in [6.45, 7) is 3.09. The molecule has 2 aliphatic heterocycles. The van der Waals surface area contributed by atoms with Crippen LogP contribution in [0.25, 0.3) is 0 Å². The SMILES string of the molecule is O=C(NCc1ccc(F)cc1Cl)c1ccc2c(c1)NC(=O)C([NH+]1CCOCC1)S2. The van der Waals surface area contributed by atoms with Crippen molar-refractivity contribution in [3.8, 4) is 0 Å². The second-order valence-electron chi connectivity index (χ2n) is 6.89. The zero-order valence-electron chi connectivity index (χ0n) is 15.5. The predicted octanol–water partition coefficient (Wildman–Crippen LogP) is 1.69. The Morgan fingerprint density at radius 3 is 2.83 bits per heavy atom. The van der Waals surface area contributed by atoms with E-state index in [-0.39, 0.29) is 28.8 Å². The van der Waals surface area contributed by atoms with Crippen molar-refractivity contribution >= 4 is 40.9 Å². The molecular formula is C20H20ClFN3O3S+. The first kappa shape index (κ1) is 20.2. The molecule has 152 valence electrons. The van der Waals surface area contributed by atoms with E-state index in [9.17, 15) is 14.0 Å². The zero-order valence-corrected chi connectivity index (χ0v) is 17.0. The summed E-state index contributed by atoms with van der Waals surface area (Å²) in [6.07, 6.45) is 0. The lowest BCUT2D eigenvalue weighted by atomic mass is 10.1. The normalized spacial score (nSPS) is 19.4. The summed E-state index contributed by atoms with van der Waals surface area (Å²) < 4.78 is 18.5. The van der Waals surface area contributed by atoms with E-state index in [0.29, 0.717) is 30.0 Å². The van der Waals surface area contributed by atoms with Crippen molar-refractivity contribution in [1.82, 2.24) is 5.32 Å². The van der Waals surface area contributed by atoms with Gasteiger partial charge in [0.2, 0.25) is 5.37 Å². The first-order valence-electron chi connectivity index (χ1n) is 9.27. The number of carbonyl (C=O) groups excluding carboxylic acids is 2. The molecule has 0 aliphatic carbocycles. The van der Waals surface area contributed by atoms with Gasteiger partial charge in [-0.25, -0.2) is 4.39 Å². The molecule has 1 saturated heterocycles. The lowest BCUT2D eigenvalue weighted by Crippen LogP contribution is -3.18. The molecule has 1 atom stereocenters. The van der Waals surface area contributed by atoms with Gasteiger partial charge in [-0.2, -0.15) is 0 Å². The average molecular weight is 437 g/mol. The van der Waals surface area contributed by atoms with Gasteiger partial charge in [-0.05, 0) is 35.9 Å². The van der Waals surface area contributed by atoms with Crippen LogP contribution in [0.4, 0.5) is 10.1 Å². The van der Waals surface area contributed by atoms with Gasteiger partial charge in [0.15, 0.2) is 0 Å². The molecule has 0 bridgehead atoms. The summed E-state index contributed by atoms with van der Waals surface area (Å²) in [5.41, 5.74) is 1.69. The number of thioether (sulfide) groups is 1. The Morgan fingerprint density at radius 1 is 1.28 bits per heavy atom. The van der Waals surface area contributed by atoms with E-state index < -0.39 is 5.82 Å². The van der Waals surface area contributed by atoms with Crippen molar-refractivity contribution in [2.75, 3.05) is 31.6 Å². The lowest BCUT2D eigenvalue weighted by molar-refractivity contribution is -0.909. The van der Waals surface area contributed by atoms with Gasteiger partial charge in [0.25, 0.3) is 11.8 Å². The Kier molecular flexibility index (Phi) is 6.05. The second-order valence-corrected chi connectivity index (χ2v) is 8.44. The molecule has 0 aromatic heterocycles. The number of fused-ring (bicyclic) bond motifs is 1.